The fraction of sp³-hybridized carbons (Fsp3) is 0.0213. The zero-order chi connectivity index (χ0) is 35.4. The fourth-order valence-corrected chi connectivity index (χ4v) is 13.4. The van der Waals surface area contributed by atoms with E-state index in [1.807, 2.05) is 91.1 Å². The first-order valence-corrected chi connectivity index (χ1v) is 19.8. The molecule has 1 aliphatic rings. The third-order valence-corrected chi connectivity index (χ3v) is 15.3. The van der Waals surface area contributed by atoms with Gasteiger partial charge in [0.25, 0.3) is 0 Å². The topological polar surface area (TPSA) is 42.2 Å². The first-order chi connectivity index (χ1) is 26.2. The molecule has 4 heterocycles. The molecule has 10 rings (SSSR count). The van der Waals surface area contributed by atoms with E-state index in [0.29, 0.717) is 11.1 Å². The van der Waals surface area contributed by atoms with Gasteiger partial charge >= 0.3 is 0 Å². The summed E-state index contributed by atoms with van der Waals surface area (Å²) in [6.45, 7) is 0. The summed E-state index contributed by atoms with van der Waals surface area (Å²) in [6.07, 6.45) is 2.35. The van der Waals surface area contributed by atoms with E-state index < -0.39 is 14.2 Å². The Labute approximate surface area is 307 Å². The molecule has 0 fully saturated rings. The third kappa shape index (κ3) is 4.87. The first-order valence-electron chi connectivity index (χ1n) is 17.8. The minimum Gasteiger partial charge on any atom is -0.456 e. The van der Waals surface area contributed by atoms with Gasteiger partial charge in [0, 0.05) is 45.3 Å². The summed E-state index contributed by atoms with van der Waals surface area (Å²) in [7, 11) is -3.08. The van der Waals surface area contributed by atoms with Crippen LogP contribution in [0.5, 0.6) is 0 Å². The Bertz CT molecular complexity index is 2730. The summed E-state index contributed by atoms with van der Waals surface area (Å²) < 4.78 is 23.7. The Hall–Kier alpha value is -6.63. The number of fused-ring (bicyclic) bond motifs is 6. The van der Waals surface area contributed by atoms with Crippen LogP contribution in [0, 0.1) is 0 Å². The molecule has 53 heavy (non-hydrogen) atoms. The van der Waals surface area contributed by atoms with Gasteiger partial charge in [-0.05, 0) is 69.2 Å². The van der Waals surface area contributed by atoms with Gasteiger partial charge in [-0.1, -0.05) is 133 Å². The van der Waals surface area contributed by atoms with E-state index >= 15 is 4.39 Å². The molecule has 0 saturated heterocycles. The smallest absolute Gasteiger partial charge is 0.191 e. The molecule has 1 atom stereocenters. The SMILES string of the molecule is FC(c1cccc(-c2ccccn2)c1)c1cccc(N2c3ccccc3[Si](c3ccccc3)(c3ccccc3)c3c2ncc2c3oc3ccccc32)c1. The summed E-state index contributed by atoms with van der Waals surface area (Å²) >= 11 is 0. The van der Waals surface area contributed by atoms with Crippen molar-refractivity contribution in [3.05, 3.63) is 199 Å². The second kappa shape index (κ2) is 12.5. The van der Waals surface area contributed by atoms with Gasteiger partial charge in [-0.15, -0.1) is 0 Å². The summed E-state index contributed by atoms with van der Waals surface area (Å²) in [5.74, 6) is 0.791. The molecule has 0 N–H and O–H groups in total. The number of nitrogens with zero attached hydrogens (tertiary/aromatic N) is 3. The van der Waals surface area contributed by atoms with Crippen LogP contribution in [0.1, 0.15) is 17.3 Å². The minimum atomic E-state index is -3.08. The molecule has 1 aliphatic heterocycles. The predicted molar refractivity (Wildman–Crippen MR) is 216 cm³/mol. The maximum atomic E-state index is 16.7. The Morgan fingerprint density at radius 2 is 1.26 bits per heavy atom. The molecule has 9 aromatic rings. The first kappa shape index (κ1) is 31.1. The summed E-state index contributed by atoms with van der Waals surface area (Å²) in [5.41, 5.74) is 6.32. The number of aromatic nitrogens is 2. The molecule has 0 saturated carbocycles. The molecule has 0 amide bonds. The lowest BCUT2D eigenvalue weighted by atomic mass is 9.99. The molecule has 0 radical (unpaired) electrons. The van der Waals surface area contributed by atoms with Gasteiger partial charge in [-0.3, -0.25) is 9.88 Å². The predicted octanol–water partition coefficient (Wildman–Crippen LogP) is 9.26. The number of furan rings is 1. The highest BCUT2D eigenvalue weighted by Gasteiger charge is 2.51. The van der Waals surface area contributed by atoms with Crippen LogP contribution in [-0.2, 0) is 0 Å². The normalized spacial score (nSPS) is 13.8. The molecule has 0 spiro atoms. The van der Waals surface area contributed by atoms with Crippen LogP contribution in [0.15, 0.2) is 193 Å². The van der Waals surface area contributed by atoms with Crippen molar-refractivity contribution >= 4 is 68.0 Å². The Morgan fingerprint density at radius 1 is 0.585 bits per heavy atom. The lowest BCUT2D eigenvalue weighted by Gasteiger charge is -2.44. The number of benzene rings is 6. The Kier molecular flexibility index (Phi) is 7.37. The van der Waals surface area contributed by atoms with Crippen molar-refractivity contribution in [1.29, 1.82) is 0 Å². The maximum Gasteiger partial charge on any atom is 0.191 e. The van der Waals surface area contributed by atoms with Gasteiger partial charge in [0.05, 0.1) is 5.69 Å². The van der Waals surface area contributed by atoms with E-state index in [9.17, 15) is 0 Å². The van der Waals surface area contributed by atoms with Crippen LogP contribution in [0.3, 0.4) is 0 Å². The molecule has 4 nitrogen and oxygen atoms in total. The van der Waals surface area contributed by atoms with E-state index in [1.54, 1.807) is 6.20 Å². The number of hydrogen-bond donors (Lipinski definition) is 0. The van der Waals surface area contributed by atoms with Gasteiger partial charge in [-0.2, -0.15) is 0 Å². The second-order valence-electron chi connectivity index (χ2n) is 13.4. The van der Waals surface area contributed by atoms with Crippen LogP contribution in [0.4, 0.5) is 21.6 Å². The Morgan fingerprint density at radius 3 is 2.04 bits per heavy atom. The van der Waals surface area contributed by atoms with Crippen molar-refractivity contribution in [2.75, 3.05) is 4.90 Å². The van der Waals surface area contributed by atoms with E-state index in [2.05, 4.69) is 101 Å². The highest BCUT2D eigenvalue weighted by Crippen LogP contribution is 2.42. The molecule has 6 heteroatoms. The van der Waals surface area contributed by atoms with Gasteiger partial charge in [0.1, 0.15) is 17.0 Å². The van der Waals surface area contributed by atoms with E-state index in [1.165, 1.54) is 15.6 Å². The third-order valence-electron chi connectivity index (χ3n) is 10.5. The highest BCUT2D eigenvalue weighted by molar-refractivity contribution is 7.22. The second-order valence-corrected chi connectivity index (χ2v) is 17.1. The fourth-order valence-electron chi connectivity index (χ4n) is 8.22. The van der Waals surface area contributed by atoms with Crippen LogP contribution < -0.4 is 25.6 Å². The van der Waals surface area contributed by atoms with E-state index in [-0.39, 0.29) is 0 Å². The number of hydrogen-bond acceptors (Lipinski definition) is 4. The monoisotopic (exact) mass is 701 g/mol. The van der Waals surface area contributed by atoms with Crippen molar-refractivity contribution in [2.24, 2.45) is 0 Å². The highest BCUT2D eigenvalue weighted by atomic mass is 28.3. The number of pyridine rings is 2. The molecular weight excluding hydrogens is 670 g/mol. The average molecular weight is 702 g/mol. The lowest BCUT2D eigenvalue weighted by molar-refractivity contribution is 0.402. The van der Waals surface area contributed by atoms with Crippen molar-refractivity contribution < 1.29 is 8.81 Å². The van der Waals surface area contributed by atoms with Gasteiger partial charge in [-0.25, -0.2) is 9.37 Å². The molecule has 1 unspecified atom stereocenters. The van der Waals surface area contributed by atoms with E-state index in [4.69, 9.17) is 9.40 Å². The summed E-state index contributed by atoms with van der Waals surface area (Å²) in [6, 6.07) is 59.7. The van der Waals surface area contributed by atoms with Crippen molar-refractivity contribution in [3.8, 4) is 11.3 Å². The molecule has 252 valence electrons. The number of halogens is 1. The number of anilines is 3. The zero-order valence-corrected chi connectivity index (χ0v) is 29.6. The number of rotatable bonds is 6. The molecular formula is C47H32FN3OSi. The van der Waals surface area contributed by atoms with Crippen LogP contribution in [0.2, 0.25) is 0 Å². The minimum absolute atomic E-state index is 0.560. The van der Waals surface area contributed by atoms with Crippen molar-refractivity contribution in [1.82, 2.24) is 9.97 Å². The number of alkyl halides is 1. The molecule has 0 aliphatic carbocycles. The maximum absolute atomic E-state index is 16.7. The quantitative estimate of drug-likeness (QED) is 0.162. The standard InChI is InChI=1S/C47H32FN3OSi/c48-44(33-16-13-15-32(29-33)40-24-11-12-28-49-40)34-17-14-18-35(30-34)51-41-25-8-10-27-43(41)53(36-19-3-1-4-20-36,37-21-5-2-6-22-37)46-45-39(31-50-47(46)51)38-23-7-9-26-42(38)52-45/h1-31,44H. The Balaban J connectivity index is 1.23. The van der Waals surface area contributed by atoms with E-state index in [0.717, 1.165) is 55.6 Å². The zero-order valence-electron chi connectivity index (χ0n) is 28.6. The summed E-state index contributed by atoms with van der Waals surface area (Å²) in [4.78, 5) is 12.0. The van der Waals surface area contributed by atoms with Crippen LogP contribution in [-0.4, -0.2) is 18.0 Å². The van der Waals surface area contributed by atoms with Crippen molar-refractivity contribution in [3.63, 3.8) is 0 Å². The van der Waals surface area contributed by atoms with Gasteiger partial charge in [0.15, 0.2) is 14.2 Å². The molecule has 0 bridgehead atoms. The average Bonchev–Trinajstić information content (AvgIpc) is 3.62. The molecule has 3 aromatic heterocycles. The number of para-hydroxylation sites is 2. The summed E-state index contributed by atoms with van der Waals surface area (Å²) in [5, 5.41) is 6.77. The molecule has 6 aromatic carbocycles. The van der Waals surface area contributed by atoms with Crippen molar-refractivity contribution in [2.45, 2.75) is 6.17 Å². The van der Waals surface area contributed by atoms with Crippen LogP contribution >= 0.6 is 0 Å². The largest absolute Gasteiger partial charge is 0.456 e. The van der Waals surface area contributed by atoms with Gasteiger partial charge < -0.3 is 4.42 Å². The van der Waals surface area contributed by atoms with Crippen LogP contribution in [0.25, 0.3) is 33.2 Å². The van der Waals surface area contributed by atoms with Gasteiger partial charge in [0.2, 0.25) is 0 Å². The lowest BCUT2D eigenvalue weighted by Crippen LogP contribution is -2.77.